The molecule has 2 rings (SSSR count). The fraction of sp³-hybridized carbons (Fsp3) is 0.167. The summed E-state index contributed by atoms with van der Waals surface area (Å²) in [5.74, 6) is -0.880. The highest BCUT2D eigenvalue weighted by Gasteiger charge is 2.13. The van der Waals surface area contributed by atoms with Crippen LogP contribution in [0.5, 0.6) is 0 Å². The lowest BCUT2D eigenvalue weighted by molar-refractivity contribution is 0.0470. The number of ether oxygens (including phenoxy) is 2. The number of methoxy groups -OCH3 is 1. The van der Waals surface area contributed by atoms with Gasteiger partial charge in [0, 0.05) is 18.2 Å². The number of hydrogen-bond acceptors (Lipinski definition) is 4. The molecule has 0 aliphatic rings. The number of rotatable bonds is 6. The first-order chi connectivity index (χ1) is 11.6. The number of carbonyl (C=O) groups is 2. The minimum Gasteiger partial charge on any atom is -0.457 e. The Morgan fingerprint density at radius 3 is 2.42 bits per heavy atom. The first-order valence-corrected chi connectivity index (χ1v) is 7.28. The molecule has 1 amide bonds. The average Bonchev–Trinajstić information content (AvgIpc) is 2.60. The molecule has 6 heteroatoms. The number of esters is 1. The molecule has 0 heterocycles. The number of aliphatic imine (C=N–C) groups is 1. The maximum Gasteiger partial charge on any atom is 0.338 e. The number of amides is 1. The number of hydrogen-bond donors (Lipinski definition) is 1. The lowest BCUT2D eigenvalue weighted by Gasteiger charge is -2.08. The van der Waals surface area contributed by atoms with Crippen molar-refractivity contribution in [2.45, 2.75) is 6.61 Å². The Labute approximate surface area is 139 Å². The van der Waals surface area contributed by atoms with Crippen molar-refractivity contribution in [2.24, 2.45) is 10.7 Å². The zero-order valence-corrected chi connectivity index (χ0v) is 13.3. The number of carbonyl (C=O) groups excluding carboxylic acids is 2. The second-order valence-electron chi connectivity index (χ2n) is 4.94. The highest BCUT2D eigenvalue weighted by atomic mass is 16.5. The maximum absolute atomic E-state index is 12.2. The molecule has 2 aromatic carbocycles. The Balaban J connectivity index is 2.10. The zero-order chi connectivity index (χ0) is 17.4. The van der Waals surface area contributed by atoms with E-state index in [-0.39, 0.29) is 19.0 Å². The fourth-order valence-electron chi connectivity index (χ4n) is 2.03. The molecule has 0 saturated carbocycles. The molecular weight excluding hydrogens is 308 g/mol. The maximum atomic E-state index is 12.2. The molecule has 24 heavy (non-hydrogen) atoms. The topological polar surface area (TPSA) is 91.0 Å². The smallest absolute Gasteiger partial charge is 0.338 e. The first kappa shape index (κ1) is 17.4. The molecule has 0 spiro atoms. The molecule has 0 aliphatic carbocycles. The van der Waals surface area contributed by atoms with Gasteiger partial charge in [-0.05, 0) is 18.2 Å². The van der Waals surface area contributed by atoms with Gasteiger partial charge in [-0.1, -0.05) is 36.4 Å². The standard InChI is InChI=1S/C18H18N2O4/c1-23-12-16(19)20-17(21)15-10-6-5-9-14(15)11-24-18(22)13-7-3-2-4-8-13/h2-10H,11-12H2,1H3,(H2,19,20,21). The van der Waals surface area contributed by atoms with Crippen molar-refractivity contribution in [2.75, 3.05) is 13.7 Å². The van der Waals surface area contributed by atoms with Crippen molar-refractivity contribution in [1.82, 2.24) is 0 Å². The van der Waals surface area contributed by atoms with E-state index in [4.69, 9.17) is 15.2 Å². The van der Waals surface area contributed by atoms with E-state index in [0.29, 0.717) is 16.7 Å². The molecule has 2 N–H and O–H groups in total. The van der Waals surface area contributed by atoms with Crippen molar-refractivity contribution in [3.63, 3.8) is 0 Å². The van der Waals surface area contributed by atoms with Crippen LogP contribution in [0.4, 0.5) is 0 Å². The molecule has 0 saturated heterocycles. The van der Waals surface area contributed by atoms with E-state index in [2.05, 4.69) is 4.99 Å². The Kier molecular flexibility index (Phi) is 6.22. The normalized spacial score (nSPS) is 11.1. The van der Waals surface area contributed by atoms with E-state index < -0.39 is 11.9 Å². The van der Waals surface area contributed by atoms with Crippen molar-refractivity contribution in [1.29, 1.82) is 0 Å². The highest BCUT2D eigenvalue weighted by Crippen LogP contribution is 2.13. The summed E-state index contributed by atoms with van der Waals surface area (Å²) in [5, 5.41) is 0. The summed E-state index contributed by atoms with van der Waals surface area (Å²) in [6.07, 6.45) is 0. The fourth-order valence-corrected chi connectivity index (χ4v) is 2.03. The highest BCUT2D eigenvalue weighted by molar-refractivity contribution is 6.04. The van der Waals surface area contributed by atoms with Crippen LogP contribution in [0.15, 0.2) is 59.6 Å². The minimum atomic E-state index is -0.504. The van der Waals surface area contributed by atoms with Crippen LogP contribution in [-0.4, -0.2) is 31.4 Å². The summed E-state index contributed by atoms with van der Waals surface area (Å²) >= 11 is 0. The average molecular weight is 326 g/mol. The van der Waals surface area contributed by atoms with E-state index in [1.807, 2.05) is 6.07 Å². The van der Waals surface area contributed by atoms with Gasteiger partial charge in [0.2, 0.25) is 0 Å². The van der Waals surface area contributed by atoms with Gasteiger partial charge in [0.05, 0.1) is 5.56 Å². The Bertz CT molecular complexity index is 742. The van der Waals surface area contributed by atoms with Crippen molar-refractivity contribution < 1.29 is 19.1 Å². The molecule has 0 fully saturated rings. The minimum absolute atomic E-state index is 0.0324. The van der Waals surface area contributed by atoms with Gasteiger partial charge in [-0.15, -0.1) is 0 Å². The Morgan fingerprint density at radius 1 is 1.04 bits per heavy atom. The van der Waals surface area contributed by atoms with Crippen LogP contribution in [0.1, 0.15) is 26.3 Å². The second kappa shape index (κ2) is 8.59. The summed E-state index contributed by atoms with van der Waals surface area (Å²) < 4.78 is 10.1. The SMILES string of the molecule is COCC(N)=NC(=O)c1ccccc1COC(=O)c1ccccc1. The van der Waals surface area contributed by atoms with Crippen LogP contribution in [-0.2, 0) is 16.1 Å². The quantitative estimate of drug-likeness (QED) is 0.499. The summed E-state index contributed by atoms with van der Waals surface area (Å²) in [4.78, 5) is 28.0. The predicted molar refractivity (Wildman–Crippen MR) is 89.8 cm³/mol. The van der Waals surface area contributed by atoms with E-state index in [1.54, 1.807) is 48.5 Å². The zero-order valence-electron chi connectivity index (χ0n) is 13.3. The van der Waals surface area contributed by atoms with Gasteiger partial charge in [-0.2, -0.15) is 4.99 Å². The summed E-state index contributed by atoms with van der Waals surface area (Å²) in [5.41, 5.74) is 6.92. The molecule has 0 unspecified atom stereocenters. The number of nitrogens with two attached hydrogens (primary N) is 1. The molecule has 0 bridgehead atoms. The van der Waals surface area contributed by atoms with Crippen LogP contribution in [0.25, 0.3) is 0 Å². The summed E-state index contributed by atoms with van der Waals surface area (Å²) in [7, 11) is 1.46. The molecular formula is C18H18N2O4. The third kappa shape index (κ3) is 4.76. The number of nitrogens with zero attached hydrogens (tertiary/aromatic N) is 1. The Morgan fingerprint density at radius 2 is 1.71 bits per heavy atom. The van der Waals surface area contributed by atoms with Crippen LogP contribution in [0.2, 0.25) is 0 Å². The predicted octanol–water partition coefficient (Wildman–Crippen LogP) is 2.19. The van der Waals surface area contributed by atoms with E-state index in [1.165, 1.54) is 7.11 Å². The van der Waals surface area contributed by atoms with Gasteiger partial charge < -0.3 is 15.2 Å². The largest absolute Gasteiger partial charge is 0.457 e. The Hall–Kier alpha value is -2.99. The molecule has 0 atom stereocenters. The lowest BCUT2D eigenvalue weighted by Crippen LogP contribution is -2.20. The van der Waals surface area contributed by atoms with E-state index in [9.17, 15) is 9.59 Å². The van der Waals surface area contributed by atoms with Crippen LogP contribution >= 0.6 is 0 Å². The lowest BCUT2D eigenvalue weighted by atomic mass is 10.1. The monoisotopic (exact) mass is 326 g/mol. The van der Waals surface area contributed by atoms with Gasteiger partial charge in [-0.25, -0.2) is 4.79 Å². The summed E-state index contributed by atoms with van der Waals surface area (Å²) in [6.45, 7) is 0.0340. The van der Waals surface area contributed by atoms with Gasteiger partial charge in [0.25, 0.3) is 5.91 Å². The summed E-state index contributed by atoms with van der Waals surface area (Å²) in [6, 6.07) is 15.4. The van der Waals surface area contributed by atoms with Crippen LogP contribution < -0.4 is 5.73 Å². The molecule has 0 radical (unpaired) electrons. The first-order valence-electron chi connectivity index (χ1n) is 7.28. The molecule has 124 valence electrons. The third-order valence-electron chi connectivity index (χ3n) is 3.15. The van der Waals surface area contributed by atoms with Gasteiger partial charge in [0.15, 0.2) is 0 Å². The molecule has 0 aromatic heterocycles. The van der Waals surface area contributed by atoms with Gasteiger partial charge >= 0.3 is 5.97 Å². The van der Waals surface area contributed by atoms with E-state index >= 15 is 0 Å². The van der Waals surface area contributed by atoms with Crippen molar-refractivity contribution in [3.05, 3.63) is 71.3 Å². The second-order valence-corrected chi connectivity index (χ2v) is 4.94. The van der Waals surface area contributed by atoms with Gasteiger partial charge in [-0.3, -0.25) is 4.79 Å². The molecule has 0 aliphatic heterocycles. The van der Waals surface area contributed by atoms with Gasteiger partial charge in [0.1, 0.15) is 19.0 Å². The van der Waals surface area contributed by atoms with Crippen LogP contribution in [0.3, 0.4) is 0 Å². The van der Waals surface area contributed by atoms with Crippen LogP contribution in [0, 0.1) is 0 Å². The molecule has 6 nitrogen and oxygen atoms in total. The third-order valence-corrected chi connectivity index (χ3v) is 3.15. The number of benzene rings is 2. The molecule has 2 aromatic rings. The van der Waals surface area contributed by atoms with Crippen molar-refractivity contribution >= 4 is 17.7 Å². The van der Waals surface area contributed by atoms with E-state index in [0.717, 1.165) is 0 Å². The number of amidine groups is 1. The van der Waals surface area contributed by atoms with Crippen molar-refractivity contribution in [3.8, 4) is 0 Å².